The summed E-state index contributed by atoms with van der Waals surface area (Å²) in [7, 11) is -3.26. The van der Waals surface area contributed by atoms with Gasteiger partial charge in [-0.05, 0) is 29.8 Å². The molecule has 5 nitrogen and oxygen atoms in total. The Morgan fingerprint density at radius 1 is 1.14 bits per heavy atom. The van der Waals surface area contributed by atoms with E-state index in [2.05, 4.69) is 0 Å². The van der Waals surface area contributed by atoms with E-state index >= 15 is 0 Å². The molecule has 0 radical (unpaired) electrons. The smallest absolute Gasteiger partial charge is 0.334 e. The van der Waals surface area contributed by atoms with Crippen LogP contribution < -0.4 is 0 Å². The van der Waals surface area contributed by atoms with E-state index in [0.717, 1.165) is 11.8 Å². The Morgan fingerprint density at radius 2 is 1.86 bits per heavy atom. The number of cyclic esters (lactones) is 1. The predicted octanol–water partition coefficient (Wildman–Crippen LogP) is 2.43. The zero-order chi connectivity index (χ0) is 15.7. The van der Waals surface area contributed by atoms with E-state index in [1.54, 1.807) is 24.3 Å². The van der Waals surface area contributed by atoms with E-state index in [4.69, 9.17) is 9.15 Å². The molecule has 0 amide bonds. The monoisotopic (exact) mass is 318 g/mol. The Hall–Kier alpha value is -2.34. The van der Waals surface area contributed by atoms with Crippen molar-refractivity contribution in [2.24, 2.45) is 0 Å². The Bertz CT molecular complexity index is 827. The van der Waals surface area contributed by atoms with Gasteiger partial charge in [0.15, 0.2) is 9.84 Å². The summed E-state index contributed by atoms with van der Waals surface area (Å²) < 4.78 is 33.5. The van der Waals surface area contributed by atoms with E-state index in [1.807, 2.05) is 0 Å². The third-order valence-corrected chi connectivity index (χ3v) is 4.60. The summed E-state index contributed by atoms with van der Waals surface area (Å²) in [5.41, 5.74) is 1.91. The highest BCUT2D eigenvalue weighted by Gasteiger charge is 2.26. The average molecular weight is 318 g/mol. The Morgan fingerprint density at radius 3 is 2.36 bits per heavy atom. The number of benzene rings is 1. The van der Waals surface area contributed by atoms with Crippen molar-refractivity contribution in [1.82, 2.24) is 0 Å². The van der Waals surface area contributed by atoms with Gasteiger partial charge in [0.25, 0.3) is 0 Å². The lowest BCUT2D eigenvalue weighted by Gasteiger charge is -2.08. The van der Waals surface area contributed by atoms with E-state index < -0.39 is 9.84 Å². The summed E-state index contributed by atoms with van der Waals surface area (Å²) in [6.07, 6.45) is 3.19. The number of hydrogen-bond donors (Lipinski definition) is 0. The minimum absolute atomic E-state index is 0.231. The molecule has 1 aromatic heterocycles. The second-order valence-electron chi connectivity index (χ2n) is 5.01. The molecule has 22 heavy (non-hydrogen) atoms. The summed E-state index contributed by atoms with van der Waals surface area (Å²) in [5, 5.41) is 0. The number of hydrogen-bond acceptors (Lipinski definition) is 5. The van der Waals surface area contributed by atoms with Crippen molar-refractivity contribution in [1.29, 1.82) is 0 Å². The van der Waals surface area contributed by atoms with Crippen LogP contribution in [0.15, 0.2) is 57.5 Å². The van der Waals surface area contributed by atoms with Crippen molar-refractivity contribution < 1.29 is 22.4 Å². The van der Waals surface area contributed by atoms with Gasteiger partial charge in [0.1, 0.15) is 5.76 Å². The van der Waals surface area contributed by atoms with Crippen LogP contribution >= 0.6 is 0 Å². The molecule has 0 N–H and O–H groups in total. The lowest BCUT2D eigenvalue weighted by Crippen LogP contribution is -2.01. The van der Waals surface area contributed by atoms with E-state index in [0.29, 0.717) is 29.9 Å². The first-order valence-corrected chi connectivity index (χ1v) is 8.60. The summed E-state index contributed by atoms with van der Waals surface area (Å²) in [6.45, 7) is 0.347. The van der Waals surface area contributed by atoms with E-state index in [9.17, 15) is 13.2 Å². The minimum atomic E-state index is -3.26. The van der Waals surface area contributed by atoms with Gasteiger partial charge >= 0.3 is 5.97 Å². The standard InChI is InChI=1S/C16H14O5S/c1-22(18,19)12-6-4-11(5-7-12)15(14-3-2-9-20-14)13-8-10-21-16(13)17/h2-7,9H,8,10H2,1H3. The molecular weight excluding hydrogens is 304 g/mol. The van der Waals surface area contributed by atoms with Crippen molar-refractivity contribution in [3.8, 4) is 0 Å². The van der Waals surface area contributed by atoms with Gasteiger partial charge in [0.2, 0.25) is 0 Å². The van der Waals surface area contributed by atoms with Crippen molar-refractivity contribution in [3.63, 3.8) is 0 Å². The molecule has 0 bridgehead atoms. The molecule has 6 heteroatoms. The maximum absolute atomic E-state index is 11.9. The molecular formula is C16H14O5S. The first kappa shape index (κ1) is 14.6. The molecule has 2 aromatic rings. The van der Waals surface area contributed by atoms with Crippen molar-refractivity contribution in [3.05, 3.63) is 59.6 Å². The molecule has 0 aliphatic carbocycles. The van der Waals surface area contributed by atoms with Crippen LogP contribution in [-0.4, -0.2) is 27.2 Å². The lowest BCUT2D eigenvalue weighted by atomic mass is 9.97. The van der Waals surface area contributed by atoms with E-state index in [-0.39, 0.29) is 10.9 Å². The highest BCUT2D eigenvalue weighted by Crippen LogP contribution is 2.32. The quantitative estimate of drug-likeness (QED) is 0.642. The molecule has 2 heterocycles. The molecule has 1 saturated heterocycles. The zero-order valence-electron chi connectivity index (χ0n) is 11.9. The summed E-state index contributed by atoms with van der Waals surface area (Å²) in [5.74, 6) is 0.194. The van der Waals surface area contributed by atoms with Crippen LogP contribution in [0.3, 0.4) is 0 Å². The Kier molecular flexibility index (Phi) is 3.62. The maximum Gasteiger partial charge on any atom is 0.334 e. The number of ether oxygens (including phenoxy) is 1. The highest BCUT2D eigenvalue weighted by molar-refractivity contribution is 7.90. The minimum Gasteiger partial charge on any atom is -0.464 e. The van der Waals surface area contributed by atoms with Crippen LogP contribution in [0.4, 0.5) is 0 Å². The number of carbonyl (C=O) groups excluding carboxylic acids is 1. The average Bonchev–Trinajstić information content (AvgIpc) is 3.12. The Balaban J connectivity index is 2.14. The second-order valence-corrected chi connectivity index (χ2v) is 7.03. The second kappa shape index (κ2) is 5.46. The van der Waals surface area contributed by atoms with Crippen LogP contribution in [0.25, 0.3) is 5.57 Å². The normalized spacial score (nSPS) is 17.4. The molecule has 114 valence electrons. The first-order chi connectivity index (χ1) is 10.5. The molecule has 0 saturated carbocycles. The largest absolute Gasteiger partial charge is 0.464 e. The van der Waals surface area contributed by atoms with E-state index in [1.165, 1.54) is 18.4 Å². The number of esters is 1. The number of furan rings is 1. The molecule has 1 aliphatic rings. The molecule has 3 rings (SSSR count). The number of rotatable bonds is 3. The molecule has 1 fully saturated rings. The van der Waals surface area contributed by atoms with Crippen LogP contribution in [-0.2, 0) is 19.4 Å². The molecule has 1 aliphatic heterocycles. The predicted molar refractivity (Wildman–Crippen MR) is 79.9 cm³/mol. The summed E-state index contributed by atoms with van der Waals surface area (Å²) in [4.78, 5) is 12.1. The highest BCUT2D eigenvalue weighted by atomic mass is 32.2. The number of sulfone groups is 1. The molecule has 0 spiro atoms. The third kappa shape index (κ3) is 2.69. The van der Waals surface area contributed by atoms with Gasteiger partial charge in [0.05, 0.1) is 23.3 Å². The fraction of sp³-hybridized carbons (Fsp3) is 0.188. The van der Waals surface area contributed by atoms with Crippen LogP contribution in [0.2, 0.25) is 0 Å². The van der Waals surface area contributed by atoms with Crippen molar-refractivity contribution in [2.45, 2.75) is 11.3 Å². The number of carbonyl (C=O) groups is 1. The van der Waals surface area contributed by atoms with Gasteiger partial charge in [-0.25, -0.2) is 13.2 Å². The van der Waals surface area contributed by atoms with Gasteiger partial charge in [0, 0.05) is 18.2 Å². The van der Waals surface area contributed by atoms with Crippen LogP contribution in [0.1, 0.15) is 17.7 Å². The first-order valence-electron chi connectivity index (χ1n) is 6.71. The molecule has 0 atom stereocenters. The lowest BCUT2D eigenvalue weighted by molar-refractivity contribution is -0.135. The van der Waals surface area contributed by atoms with Crippen LogP contribution in [0, 0.1) is 0 Å². The fourth-order valence-corrected chi connectivity index (χ4v) is 3.05. The van der Waals surface area contributed by atoms with Gasteiger partial charge < -0.3 is 9.15 Å². The molecule has 1 aromatic carbocycles. The maximum atomic E-state index is 11.9. The Labute approximate surface area is 128 Å². The fourth-order valence-electron chi connectivity index (χ4n) is 2.42. The van der Waals surface area contributed by atoms with Crippen molar-refractivity contribution >= 4 is 21.4 Å². The topological polar surface area (TPSA) is 73.6 Å². The van der Waals surface area contributed by atoms with Gasteiger partial charge in [-0.1, -0.05) is 12.1 Å². The zero-order valence-corrected chi connectivity index (χ0v) is 12.7. The van der Waals surface area contributed by atoms with Crippen LogP contribution in [0.5, 0.6) is 0 Å². The molecule has 0 unspecified atom stereocenters. The SMILES string of the molecule is CS(=O)(=O)c1ccc(C(=C2CCOC2=O)c2ccco2)cc1. The van der Waals surface area contributed by atoms with Crippen molar-refractivity contribution in [2.75, 3.05) is 12.9 Å². The van der Waals surface area contributed by atoms with Gasteiger partial charge in [-0.2, -0.15) is 0 Å². The third-order valence-electron chi connectivity index (χ3n) is 3.47. The van der Waals surface area contributed by atoms with Gasteiger partial charge in [-0.15, -0.1) is 0 Å². The summed E-state index contributed by atoms with van der Waals surface area (Å²) >= 11 is 0. The summed E-state index contributed by atoms with van der Waals surface area (Å²) in [6, 6.07) is 9.89. The van der Waals surface area contributed by atoms with Gasteiger partial charge in [-0.3, -0.25) is 0 Å².